The molecule has 1 aliphatic rings. The van der Waals surface area contributed by atoms with Crippen molar-refractivity contribution in [3.63, 3.8) is 0 Å². The van der Waals surface area contributed by atoms with Gasteiger partial charge in [0, 0.05) is 40.9 Å². The van der Waals surface area contributed by atoms with Crippen molar-refractivity contribution in [2.24, 2.45) is 5.92 Å². The van der Waals surface area contributed by atoms with E-state index >= 15 is 0 Å². The molecular formula is C35H36N6O4S2. The van der Waals surface area contributed by atoms with Gasteiger partial charge in [-0.2, -0.15) is 12.6 Å². The van der Waals surface area contributed by atoms with Crippen LogP contribution in [0.3, 0.4) is 0 Å². The molecule has 1 saturated carbocycles. The number of amides is 4. The number of hydrogen-bond donors (Lipinski definition) is 4. The van der Waals surface area contributed by atoms with Crippen molar-refractivity contribution in [1.82, 2.24) is 20.2 Å². The highest BCUT2D eigenvalue weighted by atomic mass is 32.1. The third-order valence-electron chi connectivity index (χ3n) is 7.68. The molecule has 2 aromatic heterocycles. The van der Waals surface area contributed by atoms with Gasteiger partial charge in [0.25, 0.3) is 17.7 Å². The van der Waals surface area contributed by atoms with Gasteiger partial charge < -0.3 is 15.5 Å². The number of thiazole rings is 1. The third kappa shape index (κ3) is 8.52. The van der Waals surface area contributed by atoms with Crippen molar-refractivity contribution in [1.29, 1.82) is 0 Å². The van der Waals surface area contributed by atoms with E-state index in [1.807, 2.05) is 24.3 Å². The Balaban J connectivity index is 1.27. The maximum Gasteiger partial charge on any atom is 0.273 e. The fourth-order valence-corrected chi connectivity index (χ4v) is 5.70. The van der Waals surface area contributed by atoms with Gasteiger partial charge >= 0.3 is 0 Å². The number of nitrogens with zero attached hydrogens (tertiary/aromatic N) is 3. The number of carbonyl (C=O) groups excluding carboxylic acids is 4. The van der Waals surface area contributed by atoms with Crippen LogP contribution in [0.4, 0.5) is 10.8 Å². The summed E-state index contributed by atoms with van der Waals surface area (Å²) in [5.41, 5.74) is 4.06. The average Bonchev–Trinajstić information content (AvgIpc) is 3.84. The van der Waals surface area contributed by atoms with Crippen LogP contribution in [0.25, 0.3) is 11.3 Å². The first kappa shape index (κ1) is 33.6. The summed E-state index contributed by atoms with van der Waals surface area (Å²) in [6.45, 7) is 8.20. The van der Waals surface area contributed by atoms with Gasteiger partial charge in [-0.1, -0.05) is 56.8 Å². The molecule has 10 nitrogen and oxygen atoms in total. The average molecular weight is 669 g/mol. The summed E-state index contributed by atoms with van der Waals surface area (Å²) in [7, 11) is 0. The van der Waals surface area contributed by atoms with Gasteiger partial charge in [0.2, 0.25) is 5.91 Å². The Morgan fingerprint density at radius 3 is 2.32 bits per heavy atom. The Bertz CT molecular complexity index is 1750. The number of carbonyl (C=O) groups is 4. The molecule has 0 saturated heterocycles. The molecule has 0 radical (unpaired) electrons. The standard InChI is InChI=1S/C35H36N6O4S2/c1-21(2)23-6-10-25(11-7-23)30(39-33(44)27-14-15-27)34(45)41(17-18-46)22(3)31(42)40-35-38-29(20-47-35)24-8-12-26(13-9-24)32(43)37-28-5-4-16-36-19-28/h4-13,16,19-21,27,30,46H,3,14-15,17-18H2,1-2H3,(H,37,43)(H,39,44)(H,38,40,42). The van der Waals surface area contributed by atoms with E-state index in [1.54, 1.807) is 54.2 Å². The van der Waals surface area contributed by atoms with Gasteiger partial charge in [-0.3, -0.25) is 29.5 Å². The number of nitrogens with one attached hydrogen (secondary N) is 3. The lowest BCUT2D eigenvalue weighted by Gasteiger charge is -2.28. The molecule has 5 rings (SSSR count). The number of hydrogen-bond acceptors (Lipinski definition) is 8. The molecule has 242 valence electrons. The van der Waals surface area contributed by atoms with Crippen LogP contribution in [0, 0.1) is 5.92 Å². The maximum absolute atomic E-state index is 14.0. The van der Waals surface area contributed by atoms with Crippen molar-refractivity contribution >= 4 is 58.4 Å². The molecule has 4 aromatic rings. The second-order valence-corrected chi connectivity index (χ2v) is 12.8. The van der Waals surface area contributed by atoms with Crippen LogP contribution >= 0.6 is 24.0 Å². The second kappa shape index (κ2) is 15.2. The first-order valence-electron chi connectivity index (χ1n) is 15.2. The molecule has 0 spiro atoms. The number of rotatable bonds is 13. The zero-order chi connectivity index (χ0) is 33.5. The Morgan fingerprint density at radius 1 is 1.00 bits per heavy atom. The van der Waals surface area contributed by atoms with Gasteiger partial charge in [0.1, 0.15) is 11.7 Å². The minimum absolute atomic E-state index is 0.0887. The summed E-state index contributed by atoms with van der Waals surface area (Å²) < 4.78 is 0. The van der Waals surface area contributed by atoms with E-state index in [0.717, 1.165) is 24.0 Å². The van der Waals surface area contributed by atoms with Crippen LogP contribution < -0.4 is 16.0 Å². The molecule has 0 aliphatic heterocycles. The van der Waals surface area contributed by atoms with Crippen molar-refractivity contribution in [2.45, 2.75) is 38.6 Å². The molecule has 2 aromatic carbocycles. The lowest BCUT2D eigenvalue weighted by Crippen LogP contribution is -2.45. The predicted molar refractivity (Wildman–Crippen MR) is 187 cm³/mol. The minimum Gasteiger partial charge on any atom is -0.340 e. The molecule has 2 heterocycles. The Hall–Kier alpha value is -4.81. The van der Waals surface area contributed by atoms with E-state index < -0.39 is 17.9 Å². The largest absolute Gasteiger partial charge is 0.340 e. The van der Waals surface area contributed by atoms with E-state index in [9.17, 15) is 19.2 Å². The Morgan fingerprint density at radius 2 is 1.70 bits per heavy atom. The second-order valence-electron chi connectivity index (χ2n) is 11.5. The van der Waals surface area contributed by atoms with Gasteiger partial charge in [-0.15, -0.1) is 11.3 Å². The number of anilines is 2. The Labute approximate surface area is 283 Å². The molecule has 0 bridgehead atoms. The molecule has 12 heteroatoms. The quantitative estimate of drug-likeness (QED) is 0.101. The molecule has 4 amide bonds. The number of benzene rings is 2. The van der Waals surface area contributed by atoms with Gasteiger partial charge in [0.15, 0.2) is 5.13 Å². The smallest absolute Gasteiger partial charge is 0.273 e. The zero-order valence-corrected chi connectivity index (χ0v) is 27.8. The van der Waals surface area contributed by atoms with Gasteiger partial charge in [0.05, 0.1) is 17.6 Å². The number of thiol groups is 1. The number of pyridine rings is 1. The summed E-state index contributed by atoms with van der Waals surface area (Å²) >= 11 is 5.53. The molecule has 3 N–H and O–H groups in total. The van der Waals surface area contributed by atoms with Crippen LogP contribution in [0.1, 0.15) is 60.1 Å². The number of aromatic nitrogens is 2. The van der Waals surface area contributed by atoms with Crippen LogP contribution in [0.2, 0.25) is 0 Å². The lowest BCUT2D eigenvalue weighted by atomic mass is 9.98. The van der Waals surface area contributed by atoms with Crippen molar-refractivity contribution in [3.05, 3.63) is 107 Å². The monoisotopic (exact) mass is 668 g/mol. The van der Waals surface area contributed by atoms with E-state index in [2.05, 4.69) is 59.0 Å². The van der Waals surface area contributed by atoms with Crippen LogP contribution in [0.5, 0.6) is 0 Å². The fraction of sp³-hybridized carbons (Fsp3) is 0.257. The first-order chi connectivity index (χ1) is 22.6. The topological polar surface area (TPSA) is 133 Å². The first-order valence-corrected chi connectivity index (χ1v) is 16.8. The highest BCUT2D eigenvalue weighted by molar-refractivity contribution is 7.80. The summed E-state index contributed by atoms with van der Waals surface area (Å²) in [6.07, 6.45) is 4.77. The summed E-state index contributed by atoms with van der Waals surface area (Å²) in [5.74, 6) is -1.07. The van der Waals surface area contributed by atoms with E-state index in [1.165, 1.54) is 16.2 Å². The maximum atomic E-state index is 14.0. The molecule has 1 unspecified atom stereocenters. The normalized spacial score (nSPS) is 13.0. The molecule has 47 heavy (non-hydrogen) atoms. The highest BCUT2D eigenvalue weighted by Gasteiger charge is 2.36. The highest BCUT2D eigenvalue weighted by Crippen LogP contribution is 2.31. The predicted octanol–water partition coefficient (Wildman–Crippen LogP) is 6.06. The molecular weight excluding hydrogens is 633 g/mol. The minimum atomic E-state index is -0.991. The van der Waals surface area contributed by atoms with E-state index in [-0.39, 0.29) is 35.7 Å². The third-order valence-corrected chi connectivity index (χ3v) is 8.64. The molecule has 1 atom stereocenters. The van der Waals surface area contributed by atoms with Gasteiger partial charge in [-0.05, 0) is 54.2 Å². The van der Waals surface area contributed by atoms with Crippen molar-refractivity contribution < 1.29 is 19.2 Å². The van der Waals surface area contributed by atoms with Crippen LogP contribution in [0.15, 0.2) is 90.7 Å². The van der Waals surface area contributed by atoms with E-state index in [0.29, 0.717) is 33.6 Å². The fourth-order valence-electron chi connectivity index (χ4n) is 4.79. The lowest BCUT2D eigenvalue weighted by molar-refractivity contribution is -0.136. The van der Waals surface area contributed by atoms with E-state index in [4.69, 9.17) is 0 Å². The molecule has 1 fully saturated rings. The van der Waals surface area contributed by atoms with Crippen molar-refractivity contribution in [2.75, 3.05) is 22.9 Å². The SMILES string of the molecule is C=C(C(=O)Nc1nc(-c2ccc(C(=O)Nc3cccnc3)cc2)cs1)N(CCS)C(=O)C(NC(=O)C1CC1)c1ccc(C(C)C)cc1. The summed E-state index contributed by atoms with van der Waals surface area (Å²) in [4.78, 5) is 62.5. The zero-order valence-electron chi connectivity index (χ0n) is 26.1. The summed E-state index contributed by atoms with van der Waals surface area (Å²) in [5, 5.41) is 10.5. The molecule has 1 aliphatic carbocycles. The van der Waals surface area contributed by atoms with Crippen LogP contribution in [-0.2, 0) is 14.4 Å². The Kier molecular flexibility index (Phi) is 10.8. The van der Waals surface area contributed by atoms with Gasteiger partial charge in [-0.25, -0.2) is 4.98 Å². The van der Waals surface area contributed by atoms with Crippen molar-refractivity contribution in [3.8, 4) is 11.3 Å². The van der Waals surface area contributed by atoms with Crippen LogP contribution in [-0.4, -0.2) is 50.8 Å². The summed E-state index contributed by atoms with van der Waals surface area (Å²) in [6, 6.07) is 17.0.